The van der Waals surface area contributed by atoms with Gasteiger partial charge in [0.1, 0.15) is 5.75 Å². The second kappa shape index (κ2) is 5.38. The topological polar surface area (TPSA) is 36.6 Å². The van der Waals surface area contributed by atoms with Crippen LogP contribution < -0.4 is 0 Å². The highest BCUT2D eigenvalue weighted by Crippen LogP contribution is 2.56. The lowest BCUT2D eigenvalue weighted by molar-refractivity contribution is -0.0158. The van der Waals surface area contributed by atoms with Crippen LogP contribution in [0.5, 0.6) is 5.75 Å². The van der Waals surface area contributed by atoms with Crippen LogP contribution in [-0.2, 0) is 18.4 Å². The summed E-state index contributed by atoms with van der Waals surface area (Å²) in [6, 6.07) is 8.85. The van der Waals surface area contributed by atoms with Crippen molar-refractivity contribution in [1.82, 2.24) is 4.90 Å². The molecular weight excluding hydrogens is 298 g/mol. The normalized spacial score (nSPS) is 32.2. The number of phenols is 1. The second-order valence-corrected chi connectivity index (χ2v) is 7.97. The standard InChI is InChI=1S/C21H25NO2/c23-17-5-4-16-11-20-18-3-1-2-7-21(18,19(16)12-17)8-9-22(20)13-15-6-10-24-14-15/h4-6,10,12,14,18,20,23H,1-3,7-9,11,13H2/t18-,20-,21+/m1/s1. The highest BCUT2D eigenvalue weighted by Gasteiger charge is 2.53. The number of piperidine rings is 1. The van der Waals surface area contributed by atoms with Crippen LogP contribution in [0.1, 0.15) is 48.8 Å². The molecule has 3 aliphatic rings. The Bertz CT molecular complexity index is 738. The molecule has 5 rings (SSSR count). The van der Waals surface area contributed by atoms with E-state index in [2.05, 4.69) is 23.1 Å². The first kappa shape index (κ1) is 14.6. The average molecular weight is 323 g/mol. The SMILES string of the molecule is Oc1ccc2c(c1)[C@]13CCCC[C@@H]1[C@@H](C2)N(Cc1ccoc1)CC3. The molecule has 24 heavy (non-hydrogen) atoms. The van der Waals surface area contributed by atoms with E-state index in [1.165, 1.54) is 48.8 Å². The molecule has 1 aromatic heterocycles. The Morgan fingerprint density at radius 2 is 2.17 bits per heavy atom. The van der Waals surface area contributed by atoms with Gasteiger partial charge in [0.25, 0.3) is 0 Å². The summed E-state index contributed by atoms with van der Waals surface area (Å²) in [4.78, 5) is 2.69. The Morgan fingerprint density at radius 1 is 1.21 bits per heavy atom. The first-order chi connectivity index (χ1) is 11.8. The molecule has 3 nitrogen and oxygen atoms in total. The molecule has 126 valence electrons. The zero-order valence-electron chi connectivity index (χ0n) is 14.1. The Morgan fingerprint density at radius 3 is 3.04 bits per heavy atom. The maximum atomic E-state index is 10.1. The third kappa shape index (κ3) is 2.07. The van der Waals surface area contributed by atoms with E-state index in [0.717, 1.165) is 25.4 Å². The summed E-state index contributed by atoms with van der Waals surface area (Å²) < 4.78 is 5.28. The lowest BCUT2D eigenvalue weighted by Crippen LogP contribution is -2.60. The van der Waals surface area contributed by atoms with Crippen molar-refractivity contribution in [3.05, 3.63) is 53.5 Å². The van der Waals surface area contributed by atoms with E-state index in [4.69, 9.17) is 4.42 Å². The molecule has 2 aromatic rings. The lowest BCUT2D eigenvalue weighted by Gasteiger charge is -2.59. The van der Waals surface area contributed by atoms with E-state index >= 15 is 0 Å². The maximum Gasteiger partial charge on any atom is 0.115 e. The van der Waals surface area contributed by atoms with Gasteiger partial charge in [-0.25, -0.2) is 0 Å². The van der Waals surface area contributed by atoms with E-state index in [-0.39, 0.29) is 0 Å². The number of nitrogens with zero attached hydrogens (tertiary/aromatic N) is 1. The van der Waals surface area contributed by atoms with Crippen LogP contribution in [0, 0.1) is 5.92 Å². The van der Waals surface area contributed by atoms with Gasteiger partial charge in [0, 0.05) is 23.6 Å². The van der Waals surface area contributed by atoms with Crippen LogP contribution in [0.2, 0.25) is 0 Å². The molecule has 1 N–H and O–H groups in total. The number of fused-ring (bicyclic) bond motifs is 1. The first-order valence-corrected chi connectivity index (χ1v) is 9.34. The summed E-state index contributed by atoms with van der Waals surface area (Å²) in [7, 11) is 0. The van der Waals surface area contributed by atoms with Gasteiger partial charge in [0.15, 0.2) is 0 Å². The second-order valence-electron chi connectivity index (χ2n) is 7.97. The van der Waals surface area contributed by atoms with Crippen LogP contribution in [0.15, 0.2) is 41.2 Å². The van der Waals surface area contributed by atoms with Gasteiger partial charge in [-0.2, -0.15) is 0 Å². The summed E-state index contributed by atoms with van der Waals surface area (Å²) in [6.07, 6.45) is 11.3. The summed E-state index contributed by atoms with van der Waals surface area (Å²) in [5.41, 5.74) is 4.52. The molecule has 0 radical (unpaired) electrons. The molecule has 1 saturated heterocycles. The van der Waals surface area contributed by atoms with Gasteiger partial charge < -0.3 is 9.52 Å². The molecule has 0 amide bonds. The number of hydrogen-bond acceptors (Lipinski definition) is 3. The number of furan rings is 1. The molecule has 2 heterocycles. The van der Waals surface area contributed by atoms with Crippen molar-refractivity contribution < 1.29 is 9.52 Å². The third-order valence-corrected chi connectivity index (χ3v) is 6.90. The predicted octanol–water partition coefficient (Wildman–Crippen LogP) is 4.24. The van der Waals surface area contributed by atoms with Gasteiger partial charge in [-0.05, 0) is 67.5 Å². The fraction of sp³-hybridized carbons (Fsp3) is 0.524. The quantitative estimate of drug-likeness (QED) is 0.898. The monoisotopic (exact) mass is 323 g/mol. The van der Waals surface area contributed by atoms with Crippen molar-refractivity contribution in [2.24, 2.45) is 5.92 Å². The molecule has 0 spiro atoms. The molecule has 1 saturated carbocycles. The Labute approximate surface area is 143 Å². The molecule has 3 atom stereocenters. The minimum atomic E-state index is 0.308. The number of phenolic OH excluding ortho intramolecular Hbond substituents is 1. The van der Waals surface area contributed by atoms with Gasteiger partial charge in [0.05, 0.1) is 12.5 Å². The van der Waals surface area contributed by atoms with Crippen LogP contribution in [0.4, 0.5) is 0 Å². The maximum absolute atomic E-state index is 10.1. The van der Waals surface area contributed by atoms with Crippen LogP contribution in [0.25, 0.3) is 0 Å². The molecule has 3 heteroatoms. The molecule has 1 aromatic carbocycles. The van der Waals surface area contributed by atoms with Gasteiger partial charge in [0.2, 0.25) is 0 Å². The summed E-state index contributed by atoms with van der Waals surface area (Å²) >= 11 is 0. The van der Waals surface area contributed by atoms with Gasteiger partial charge in [-0.15, -0.1) is 0 Å². The van der Waals surface area contributed by atoms with Gasteiger partial charge in [-0.3, -0.25) is 4.90 Å². The van der Waals surface area contributed by atoms with Gasteiger partial charge in [-0.1, -0.05) is 18.9 Å². The summed E-state index contributed by atoms with van der Waals surface area (Å²) in [5, 5.41) is 10.1. The Kier molecular flexibility index (Phi) is 3.27. The zero-order valence-corrected chi connectivity index (χ0v) is 14.1. The molecule has 2 aliphatic carbocycles. The minimum Gasteiger partial charge on any atom is -0.508 e. The van der Waals surface area contributed by atoms with Crippen molar-refractivity contribution in [3.8, 4) is 5.75 Å². The molecule has 1 aliphatic heterocycles. The van der Waals surface area contributed by atoms with E-state index in [0.29, 0.717) is 17.2 Å². The van der Waals surface area contributed by atoms with Crippen molar-refractivity contribution in [2.45, 2.75) is 56.5 Å². The fourth-order valence-electron chi connectivity index (χ4n) is 5.89. The van der Waals surface area contributed by atoms with Crippen molar-refractivity contribution in [1.29, 1.82) is 0 Å². The molecule has 0 unspecified atom stereocenters. The summed E-state index contributed by atoms with van der Waals surface area (Å²) in [5.74, 6) is 1.17. The van der Waals surface area contributed by atoms with Crippen molar-refractivity contribution >= 4 is 0 Å². The van der Waals surface area contributed by atoms with E-state index in [1.807, 2.05) is 12.3 Å². The largest absolute Gasteiger partial charge is 0.508 e. The van der Waals surface area contributed by atoms with E-state index < -0.39 is 0 Å². The Hall–Kier alpha value is -1.74. The highest BCUT2D eigenvalue weighted by atomic mass is 16.3. The van der Waals surface area contributed by atoms with E-state index in [1.54, 1.807) is 6.26 Å². The number of hydrogen-bond donors (Lipinski definition) is 1. The highest BCUT2D eigenvalue weighted by molar-refractivity contribution is 5.45. The average Bonchev–Trinajstić information content (AvgIpc) is 3.11. The smallest absolute Gasteiger partial charge is 0.115 e. The lowest BCUT2D eigenvalue weighted by atomic mass is 9.52. The number of likely N-dealkylation sites (tertiary alicyclic amines) is 1. The van der Waals surface area contributed by atoms with Gasteiger partial charge >= 0.3 is 0 Å². The first-order valence-electron chi connectivity index (χ1n) is 9.34. The Balaban J connectivity index is 1.56. The minimum absolute atomic E-state index is 0.308. The fourth-order valence-corrected chi connectivity index (χ4v) is 5.89. The molecule has 2 bridgehead atoms. The summed E-state index contributed by atoms with van der Waals surface area (Å²) in [6.45, 7) is 2.16. The zero-order chi connectivity index (χ0) is 16.1. The predicted molar refractivity (Wildman–Crippen MR) is 93.0 cm³/mol. The van der Waals surface area contributed by atoms with E-state index in [9.17, 15) is 5.11 Å². The van der Waals surface area contributed by atoms with Crippen molar-refractivity contribution in [3.63, 3.8) is 0 Å². The number of rotatable bonds is 2. The van der Waals surface area contributed by atoms with Crippen LogP contribution >= 0.6 is 0 Å². The number of aromatic hydroxyl groups is 1. The van der Waals surface area contributed by atoms with Crippen LogP contribution in [0.3, 0.4) is 0 Å². The van der Waals surface area contributed by atoms with Crippen LogP contribution in [-0.4, -0.2) is 22.6 Å². The number of benzene rings is 1. The molecule has 2 fully saturated rings. The van der Waals surface area contributed by atoms with Crippen molar-refractivity contribution in [2.75, 3.05) is 6.54 Å². The third-order valence-electron chi connectivity index (χ3n) is 6.90. The molecular formula is C21H25NO2.